The molecule has 0 bridgehead atoms. The average molecular weight is 328 g/mol. The molecule has 0 aliphatic carbocycles. The molecule has 2 aromatic rings. The molecule has 0 fully saturated rings. The monoisotopic (exact) mass is 328 g/mol. The number of hydrogen-bond acceptors (Lipinski definition) is 3. The summed E-state index contributed by atoms with van der Waals surface area (Å²) in [5.74, 6) is -1.39. The van der Waals surface area contributed by atoms with E-state index >= 15 is 0 Å². The summed E-state index contributed by atoms with van der Waals surface area (Å²) in [4.78, 5) is 34.8. The maximum absolute atomic E-state index is 12.0. The highest BCUT2D eigenvalue weighted by atomic mass is 16.4. The number of carbonyl (C=O) groups excluding carboxylic acids is 1. The number of carbonyl (C=O) groups is 2. The minimum absolute atomic E-state index is 0.120. The van der Waals surface area contributed by atoms with Crippen LogP contribution >= 0.6 is 0 Å². The fourth-order valence-electron chi connectivity index (χ4n) is 2.37. The molecule has 0 radical (unpaired) electrons. The molecule has 6 nitrogen and oxygen atoms in total. The van der Waals surface area contributed by atoms with Gasteiger partial charge in [0.2, 0.25) is 11.5 Å². The fraction of sp³-hybridized carbons (Fsp3) is 0.278. The van der Waals surface area contributed by atoms with Crippen molar-refractivity contribution in [3.63, 3.8) is 0 Å². The molecule has 1 unspecified atom stereocenters. The van der Waals surface area contributed by atoms with Crippen LogP contribution in [-0.4, -0.2) is 27.6 Å². The van der Waals surface area contributed by atoms with Crippen molar-refractivity contribution >= 4 is 11.9 Å². The van der Waals surface area contributed by atoms with Gasteiger partial charge in [-0.1, -0.05) is 36.4 Å². The van der Waals surface area contributed by atoms with Gasteiger partial charge in [0, 0.05) is 31.6 Å². The van der Waals surface area contributed by atoms with E-state index < -0.39 is 12.0 Å². The molecule has 0 saturated heterocycles. The molecule has 2 N–H and O–H groups in total. The van der Waals surface area contributed by atoms with E-state index in [-0.39, 0.29) is 24.3 Å². The molecule has 24 heavy (non-hydrogen) atoms. The van der Waals surface area contributed by atoms with Crippen LogP contribution in [0.2, 0.25) is 0 Å². The second-order valence-corrected chi connectivity index (χ2v) is 5.48. The number of nitrogens with one attached hydrogen (secondary N) is 1. The Balaban J connectivity index is 1.83. The highest BCUT2D eigenvalue weighted by molar-refractivity contribution is 5.83. The van der Waals surface area contributed by atoms with E-state index in [1.165, 1.54) is 10.6 Å². The van der Waals surface area contributed by atoms with E-state index in [1.54, 1.807) is 18.3 Å². The highest BCUT2D eigenvalue weighted by Gasteiger charge is 2.20. The lowest BCUT2D eigenvalue weighted by atomic mass is 10.1. The summed E-state index contributed by atoms with van der Waals surface area (Å²) in [7, 11) is 0. The summed E-state index contributed by atoms with van der Waals surface area (Å²) in [5, 5.41) is 11.8. The van der Waals surface area contributed by atoms with Crippen molar-refractivity contribution in [1.82, 2.24) is 9.88 Å². The Labute approximate surface area is 139 Å². The van der Waals surface area contributed by atoms with E-state index in [0.29, 0.717) is 13.0 Å². The quantitative estimate of drug-likeness (QED) is 0.767. The van der Waals surface area contributed by atoms with Gasteiger partial charge in [-0.05, 0) is 18.1 Å². The first kappa shape index (κ1) is 17.5. The molecular formula is C18H20N2O4. The first-order valence-corrected chi connectivity index (χ1v) is 7.78. The van der Waals surface area contributed by atoms with Gasteiger partial charge in [0.1, 0.15) is 6.04 Å². The molecule has 0 aliphatic heterocycles. The van der Waals surface area contributed by atoms with Crippen molar-refractivity contribution in [2.24, 2.45) is 0 Å². The smallest absolute Gasteiger partial charge is 0.326 e. The molecular weight excluding hydrogens is 308 g/mol. The van der Waals surface area contributed by atoms with Crippen LogP contribution in [0.1, 0.15) is 18.4 Å². The standard InChI is InChI=1S/C18H20N2O4/c21-16(9-6-12-20-11-5-4-10-17(20)22)19-15(18(23)24)13-14-7-2-1-3-8-14/h1-5,7-8,10-11,15H,6,9,12-13H2,(H,19,21)(H,23,24). The van der Waals surface area contributed by atoms with E-state index in [1.807, 2.05) is 30.3 Å². The van der Waals surface area contributed by atoms with Crippen molar-refractivity contribution < 1.29 is 14.7 Å². The first-order valence-electron chi connectivity index (χ1n) is 7.78. The lowest BCUT2D eigenvalue weighted by molar-refractivity contribution is -0.141. The van der Waals surface area contributed by atoms with E-state index in [2.05, 4.69) is 5.32 Å². The zero-order chi connectivity index (χ0) is 17.4. The lowest BCUT2D eigenvalue weighted by Crippen LogP contribution is -2.42. The van der Waals surface area contributed by atoms with E-state index in [0.717, 1.165) is 5.56 Å². The summed E-state index contributed by atoms with van der Waals surface area (Å²) in [6.07, 6.45) is 2.53. The molecule has 6 heteroatoms. The fourth-order valence-corrected chi connectivity index (χ4v) is 2.37. The van der Waals surface area contributed by atoms with Crippen LogP contribution in [0.25, 0.3) is 0 Å². The molecule has 126 valence electrons. The molecule has 0 aliphatic rings. The maximum atomic E-state index is 12.0. The minimum atomic E-state index is -1.06. The Morgan fingerprint density at radius 1 is 1.08 bits per heavy atom. The van der Waals surface area contributed by atoms with Crippen LogP contribution in [0.3, 0.4) is 0 Å². The number of rotatable bonds is 8. The van der Waals surface area contributed by atoms with Crippen molar-refractivity contribution in [3.8, 4) is 0 Å². The third-order valence-electron chi connectivity index (χ3n) is 3.62. The summed E-state index contributed by atoms with van der Waals surface area (Å²) >= 11 is 0. The predicted octanol–water partition coefficient (Wildman–Crippen LogP) is 1.44. The third-order valence-corrected chi connectivity index (χ3v) is 3.62. The SMILES string of the molecule is O=C(CCCn1ccccc1=O)NC(Cc1ccccc1)C(=O)O. The number of aliphatic carboxylic acids is 1. The second kappa shape index (κ2) is 8.67. The van der Waals surface area contributed by atoms with Crippen molar-refractivity contribution in [2.75, 3.05) is 0 Å². The normalized spacial score (nSPS) is 11.7. The van der Waals surface area contributed by atoms with Crippen molar-refractivity contribution in [1.29, 1.82) is 0 Å². The van der Waals surface area contributed by atoms with Gasteiger partial charge >= 0.3 is 5.97 Å². The number of carboxylic acid groups (broad SMARTS) is 1. The lowest BCUT2D eigenvalue weighted by Gasteiger charge is -2.14. The molecule has 0 spiro atoms. The van der Waals surface area contributed by atoms with Crippen molar-refractivity contribution in [3.05, 3.63) is 70.6 Å². The zero-order valence-electron chi connectivity index (χ0n) is 13.2. The number of aryl methyl sites for hydroxylation is 1. The number of aromatic nitrogens is 1. The molecule has 1 atom stereocenters. The number of hydrogen-bond donors (Lipinski definition) is 2. The Bertz CT molecular complexity index is 740. The van der Waals surface area contributed by atoms with Gasteiger partial charge in [-0.15, -0.1) is 0 Å². The topological polar surface area (TPSA) is 88.4 Å². The van der Waals surface area contributed by atoms with Gasteiger partial charge in [-0.3, -0.25) is 9.59 Å². The summed E-state index contributed by atoms with van der Waals surface area (Å²) < 4.78 is 1.52. The number of benzene rings is 1. The zero-order valence-corrected chi connectivity index (χ0v) is 13.2. The van der Waals surface area contributed by atoms with Gasteiger partial charge in [-0.2, -0.15) is 0 Å². The Morgan fingerprint density at radius 3 is 2.46 bits per heavy atom. The summed E-state index contributed by atoms with van der Waals surface area (Å²) in [6, 6.07) is 13.1. The summed E-state index contributed by atoms with van der Waals surface area (Å²) in [6.45, 7) is 0.420. The van der Waals surface area contributed by atoms with Crippen LogP contribution in [0.4, 0.5) is 0 Å². The van der Waals surface area contributed by atoms with Gasteiger partial charge in [0.05, 0.1) is 0 Å². The average Bonchev–Trinajstić information content (AvgIpc) is 2.57. The van der Waals surface area contributed by atoms with Gasteiger partial charge in [-0.25, -0.2) is 4.79 Å². The number of carboxylic acids is 1. The molecule has 1 aromatic carbocycles. The third kappa shape index (κ3) is 5.39. The maximum Gasteiger partial charge on any atom is 0.326 e. The number of amides is 1. The highest BCUT2D eigenvalue weighted by Crippen LogP contribution is 2.04. The molecule has 1 amide bonds. The second-order valence-electron chi connectivity index (χ2n) is 5.48. The van der Waals surface area contributed by atoms with E-state index in [9.17, 15) is 19.5 Å². The van der Waals surface area contributed by atoms with Crippen LogP contribution in [0.15, 0.2) is 59.5 Å². The molecule has 1 heterocycles. The van der Waals surface area contributed by atoms with Crippen LogP contribution in [0.5, 0.6) is 0 Å². The van der Waals surface area contributed by atoms with Crippen LogP contribution in [0, 0.1) is 0 Å². The predicted molar refractivity (Wildman–Crippen MR) is 89.6 cm³/mol. The van der Waals surface area contributed by atoms with Crippen LogP contribution < -0.4 is 10.9 Å². The van der Waals surface area contributed by atoms with E-state index in [4.69, 9.17) is 0 Å². The largest absolute Gasteiger partial charge is 0.480 e. The Morgan fingerprint density at radius 2 is 1.79 bits per heavy atom. The first-order chi connectivity index (χ1) is 11.6. The van der Waals surface area contributed by atoms with Crippen molar-refractivity contribution in [2.45, 2.75) is 31.8 Å². The molecule has 1 aromatic heterocycles. The number of nitrogens with zero attached hydrogens (tertiary/aromatic N) is 1. The van der Waals surface area contributed by atoms with Gasteiger partial charge in [0.15, 0.2) is 0 Å². The summed E-state index contributed by atoms with van der Waals surface area (Å²) in [5.41, 5.74) is 0.728. The minimum Gasteiger partial charge on any atom is -0.480 e. The van der Waals surface area contributed by atoms with Crippen LogP contribution in [-0.2, 0) is 22.6 Å². The molecule has 2 rings (SSSR count). The van der Waals surface area contributed by atoms with Gasteiger partial charge < -0.3 is 15.0 Å². The molecule has 0 saturated carbocycles. The Hall–Kier alpha value is -2.89. The Kier molecular flexibility index (Phi) is 6.31. The van der Waals surface area contributed by atoms with Gasteiger partial charge in [0.25, 0.3) is 0 Å². The number of pyridine rings is 1.